The normalized spacial score (nSPS) is 15.5. The molecule has 9 heteroatoms. The number of halogens is 7. The third-order valence-electron chi connectivity index (χ3n) is 2.91. The van der Waals surface area contributed by atoms with Crippen molar-refractivity contribution in [3.05, 3.63) is 29.8 Å². The third kappa shape index (κ3) is 3.17. The highest BCUT2D eigenvalue weighted by Crippen LogP contribution is 2.55. The topological polar surface area (TPSA) is 20.3 Å². The third-order valence-corrected chi connectivity index (χ3v) is 3.45. The predicted octanol–water partition coefficient (Wildman–Crippen LogP) is 4.38. The van der Waals surface area contributed by atoms with E-state index >= 15 is 0 Å². The number of rotatable bonds is 3. The summed E-state index contributed by atoms with van der Waals surface area (Å²) in [7, 11) is 1.34. The highest BCUT2D eigenvalue weighted by molar-refractivity contribution is 9.10. The number of anilines is 1. The second-order valence-corrected chi connectivity index (χ2v) is 5.27. The zero-order valence-corrected chi connectivity index (χ0v) is 12.4. The van der Waals surface area contributed by atoms with E-state index in [1.807, 2.05) is 0 Å². The molecule has 0 spiro atoms. The molecular weight excluding hydrogens is 368 g/mol. The van der Waals surface area contributed by atoms with Crippen molar-refractivity contribution in [2.45, 2.75) is 23.6 Å². The number of carbonyl (C=O) groups is 1. The van der Waals surface area contributed by atoms with Crippen LogP contribution < -0.4 is 4.90 Å². The molecule has 0 fully saturated rings. The van der Waals surface area contributed by atoms with Gasteiger partial charge in [0.1, 0.15) is 0 Å². The van der Waals surface area contributed by atoms with Gasteiger partial charge < -0.3 is 4.90 Å². The Balaban J connectivity index is 3.34. The highest BCUT2D eigenvalue weighted by Gasteiger charge is 2.71. The zero-order chi connectivity index (χ0) is 16.6. The summed E-state index contributed by atoms with van der Waals surface area (Å²) in [6.45, 7) is 1.20. The van der Waals surface area contributed by atoms with Gasteiger partial charge in [0, 0.05) is 25.2 Å². The Labute approximate surface area is 124 Å². The molecule has 0 aromatic heterocycles. The molecule has 1 atom stereocenters. The summed E-state index contributed by atoms with van der Waals surface area (Å²) in [6.07, 6.45) is -5.83. The first kappa shape index (κ1) is 17.8. The summed E-state index contributed by atoms with van der Waals surface area (Å²) >= 11 is 1.45. The number of hydrogen-bond donors (Lipinski definition) is 0. The van der Waals surface area contributed by atoms with Gasteiger partial charge in [-0.3, -0.25) is 4.79 Å². The lowest BCUT2D eigenvalue weighted by molar-refractivity contribution is -0.282. The van der Waals surface area contributed by atoms with E-state index < -0.39 is 28.1 Å². The molecule has 0 saturated carbocycles. The van der Waals surface area contributed by atoms with Crippen LogP contribution in [0.1, 0.15) is 12.5 Å². The summed E-state index contributed by atoms with van der Waals surface area (Å²) in [5.41, 5.74) is -6.00. The molecule has 0 heterocycles. The monoisotopic (exact) mass is 377 g/mol. The fourth-order valence-electron chi connectivity index (χ4n) is 1.58. The van der Waals surface area contributed by atoms with Crippen LogP contribution in [0.3, 0.4) is 0 Å². The number of alkyl halides is 7. The molecule has 0 aliphatic rings. The molecule has 0 radical (unpaired) electrons. The lowest BCUT2D eigenvalue weighted by atomic mass is 9.95. The van der Waals surface area contributed by atoms with Crippen LogP contribution in [0.15, 0.2) is 24.3 Å². The van der Waals surface area contributed by atoms with Crippen LogP contribution in [0, 0.1) is 0 Å². The van der Waals surface area contributed by atoms with Crippen LogP contribution >= 0.6 is 15.9 Å². The summed E-state index contributed by atoms with van der Waals surface area (Å²) < 4.78 is 78.4. The first-order chi connectivity index (χ1) is 9.32. The fourth-order valence-corrected chi connectivity index (χ4v) is 2.04. The number of nitrogens with zero attached hydrogens (tertiary/aromatic N) is 1. The maximum Gasteiger partial charge on any atom is 0.433 e. The van der Waals surface area contributed by atoms with E-state index in [1.165, 1.54) is 29.9 Å². The van der Waals surface area contributed by atoms with Gasteiger partial charge in [-0.25, -0.2) is 4.39 Å². The second-order valence-electron chi connectivity index (χ2n) is 4.28. The minimum absolute atomic E-state index is 0.147. The van der Waals surface area contributed by atoms with Crippen molar-refractivity contribution in [3.63, 3.8) is 0 Å². The van der Waals surface area contributed by atoms with Gasteiger partial charge in [-0.1, -0.05) is 12.1 Å². The molecule has 21 heavy (non-hydrogen) atoms. The van der Waals surface area contributed by atoms with Gasteiger partial charge in [0.25, 0.3) is 0 Å². The molecular formula is C12H10BrF6NO. The van der Waals surface area contributed by atoms with Crippen LogP contribution in [-0.4, -0.2) is 24.0 Å². The van der Waals surface area contributed by atoms with Gasteiger partial charge in [-0.15, -0.1) is 0 Å². The lowest BCUT2D eigenvalue weighted by Gasteiger charge is -2.32. The van der Waals surface area contributed by atoms with Gasteiger partial charge in [-0.2, -0.15) is 22.0 Å². The first-order valence-corrected chi connectivity index (χ1v) is 6.29. The van der Waals surface area contributed by atoms with Gasteiger partial charge >= 0.3 is 16.7 Å². The average Bonchev–Trinajstić information content (AvgIpc) is 2.34. The minimum atomic E-state index is -5.83. The smallest absolute Gasteiger partial charge is 0.316 e. The Bertz CT molecular complexity index is 508. The molecule has 2 nitrogen and oxygen atoms in total. The Morgan fingerprint density at radius 2 is 1.48 bits per heavy atom. The molecule has 0 aliphatic heterocycles. The quantitative estimate of drug-likeness (QED) is 0.565. The summed E-state index contributed by atoms with van der Waals surface area (Å²) in [4.78, 5) is 7.32. The zero-order valence-electron chi connectivity index (χ0n) is 10.8. The van der Waals surface area contributed by atoms with Crippen molar-refractivity contribution in [1.82, 2.24) is 0 Å². The SMILES string of the molecule is CC(=O)N(C)c1ccc(C(F)(C(F)(F)F)C(F)(F)Br)cc1. The van der Waals surface area contributed by atoms with Crippen LogP contribution in [-0.2, 0) is 10.5 Å². The second kappa shape index (κ2) is 5.51. The van der Waals surface area contributed by atoms with E-state index in [1.54, 1.807) is 0 Å². The first-order valence-electron chi connectivity index (χ1n) is 5.49. The molecule has 0 aliphatic carbocycles. The molecule has 118 valence electrons. The van der Waals surface area contributed by atoms with Crippen LogP contribution in [0.4, 0.5) is 32.0 Å². The molecule has 1 amide bonds. The van der Waals surface area contributed by atoms with Gasteiger partial charge in [0.05, 0.1) is 0 Å². The lowest BCUT2D eigenvalue weighted by Crippen LogP contribution is -2.49. The number of amides is 1. The predicted molar refractivity (Wildman–Crippen MR) is 68.2 cm³/mol. The standard InChI is InChI=1S/C12H10BrF6NO/c1-7(21)20(2)9-5-3-8(4-6-9)10(14,11(13,15)16)12(17,18)19/h3-6H,1-2H3. The van der Waals surface area contributed by atoms with E-state index in [-0.39, 0.29) is 5.69 Å². The van der Waals surface area contributed by atoms with Crippen LogP contribution in [0.2, 0.25) is 0 Å². The minimum Gasteiger partial charge on any atom is -0.316 e. The molecule has 1 rings (SSSR count). The fraction of sp³-hybridized carbons (Fsp3) is 0.417. The maximum atomic E-state index is 14.0. The van der Waals surface area contributed by atoms with E-state index in [0.29, 0.717) is 12.1 Å². The van der Waals surface area contributed by atoms with Crippen molar-refractivity contribution in [2.75, 3.05) is 11.9 Å². The van der Waals surface area contributed by atoms with Crippen LogP contribution in [0.5, 0.6) is 0 Å². The van der Waals surface area contributed by atoms with Gasteiger partial charge in [0.15, 0.2) is 0 Å². The maximum absolute atomic E-state index is 14.0. The molecule has 0 N–H and O–H groups in total. The number of hydrogen-bond acceptors (Lipinski definition) is 1. The average molecular weight is 378 g/mol. The summed E-state index contributed by atoms with van der Waals surface area (Å²) in [5.74, 6) is -0.420. The van der Waals surface area contributed by atoms with Crippen LogP contribution in [0.25, 0.3) is 0 Å². The van der Waals surface area contributed by atoms with Crippen molar-refractivity contribution in [2.24, 2.45) is 0 Å². The molecule has 0 bridgehead atoms. The molecule has 1 aromatic rings. The van der Waals surface area contributed by atoms with E-state index in [4.69, 9.17) is 0 Å². The Morgan fingerprint density at radius 1 is 1.05 bits per heavy atom. The Morgan fingerprint density at radius 3 is 1.76 bits per heavy atom. The molecule has 0 saturated heterocycles. The van der Waals surface area contributed by atoms with Crippen molar-refractivity contribution in [1.29, 1.82) is 0 Å². The van der Waals surface area contributed by atoms with Gasteiger partial charge in [-0.05, 0) is 28.1 Å². The summed E-state index contributed by atoms with van der Waals surface area (Å²) in [6, 6.07) is 3.04. The van der Waals surface area contributed by atoms with Crippen molar-refractivity contribution >= 4 is 27.5 Å². The Kier molecular flexibility index (Phi) is 4.67. The van der Waals surface area contributed by atoms with Crippen molar-refractivity contribution in [3.8, 4) is 0 Å². The van der Waals surface area contributed by atoms with E-state index in [0.717, 1.165) is 17.0 Å². The van der Waals surface area contributed by atoms with E-state index in [2.05, 4.69) is 0 Å². The van der Waals surface area contributed by atoms with Gasteiger partial charge in [0.2, 0.25) is 5.91 Å². The Hall–Kier alpha value is -1.25. The van der Waals surface area contributed by atoms with Crippen molar-refractivity contribution < 1.29 is 31.1 Å². The largest absolute Gasteiger partial charge is 0.433 e. The summed E-state index contributed by atoms with van der Waals surface area (Å²) in [5, 5.41) is 0. The van der Waals surface area contributed by atoms with E-state index in [9.17, 15) is 31.1 Å². The number of benzene rings is 1. The number of carbonyl (C=O) groups excluding carboxylic acids is 1. The molecule has 1 aromatic carbocycles. The highest BCUT2D eigenvalue weighted by atomic mass is 79.9. The molecule has 1 unspecified atom stereocenters.